The molecule has 3 aromatic rings. The van der Waals surface area contributed by atoms with E-state index in [1.54, 1.807) is 11.1 Å². The lowest BCUT2D eigenvalue weighted by molar-refractivity contribution is -0.113. The van der Waals surface area contributed by atoms with Crippen molar-refractivity contribution in [1.82, 2.24) is 4.98 Å². The summed E-state index contributed by atoms with van der Waals surface area (Å²) < 4.78 is 0. The molecular weight excluding hydrogens is 362 g/mol. The predicted octanol–water partition coefficient (Wildman–Crippen LogP) is 5.26. The highest BCUT2D eigenvalue weighted by atomic mass is 32.2. The number of hydrogen-bond donors (Lipinski definition) is 0. The molecule has 2 heterocycles. The van der Waals surface area contributed by atoms with Gasteiger partial charge in [0.25, 0.3) is 5.91 Å². The van der Waals surface area contributed by atoms with E-state index >= 15 is 0 Å². The zero-order valence-corrected chi connectivity index (χ0v) is 15.6. The maximum Gasteiger partial charge on any atom is 0.271 e. The van der Waals surface area contributed by atoms with Crippen LogP contribution in [0.4, 0.5) is 10.8 Å². The number of thiazole rings is 1. The number of benzene rings is 2. The first-order valence-corrected chi connectivity index (χ1v) is 9.74. The van der Waals surface area contributed by atoms with Crippen LogP contribution in [0.5, 0.6) is 0 Å². The minimum Gasteiger partial charge on any atom is -0.268 e. The van der Waals surface area contributed by atoms with Crippen LogP contribution < -0.4 is 4.90 Å². The second-order valence-corrected chi connectivity index (χ2v) is 7.59. The van der Waals surface area contributed by atoms with Crippen molar-refractivity contribution in [3.8, 4) is 0 Å². The SMILES string of the molecule is Cc1ccc(/C=C2\S/C(=N/c3nccs3)N(c3ccccc3)C2=O)cc1. The van der Waals surface area contributed by atoms with Gasteiger partial charge >= 0.3 is 0 Å². The highest BCUT2D eigenvalue weighted by Crippen LogP contribution is 2.37. The maximum atomic E-state index is 13.1. The maximum absolute atomic E-state index is 13.1. The van der Waals surface area contributed by atoms with Crippen molar-refractivity contribution < 1.29 is 4.79 Å². The third-order valence-electron chi connectivity index (χ3n) is 3.81. The monoisotopic (exact) mass is 377 g/mol. The normalized spacial score (nSPS) is 17.4. The molecule has 6 heteroatoms. The molecule has 0 atom stereocenters. The lowest BCUT2D eigenvalue weighted by Gasteiger charge is -2.14. The number of amidine groups is 1. The first kappa shape index (κ1) is 16.8. The van der Waals surface area contributed by atoms with Crippen molar-refractivity contribution in [3.05, 3.63) is 82.2 Å². The van der Waals surface area contributed by atoms with Gasteiger partial charge in [0.15, 0.2) is 5.17 Å². The molecule has 0 unspecified atom stereocenters. The zero-order valence-electron chi connectivity index (χ0n) is 14.0. The Balaban J connectivity index is 1.75. The number of anilines is 1. The molecule has 0 radical (unpaired) electrons. The fraction of sp³-hybridized carbons (Fsp3) is 0.0500. The summed E-state index contributed by atoms with van der Waals surface area (Å²) in [6, 6.07) is 17.7. The number of carbonyl (C=O) groups is 1. The molecule has 4 nitrogen and oxygen atoms in total. The zero-order chi connectivity index (χ0) is 17.9. The van der Waals surface area contributed by atoms with E-state index in [0.717, 1.165) is 11.3 Å². The van der Waals surface area contributed by atoms with Gasteiger partial charge in [0.2, 0.25) is 5.13 Å². The molecule has 1 saturated heterocycles. The Labute approximate surface area is 159 Å². The van der Waals surface area contributed by atoms with E-state index in [1.165, 1.54) is 28.7 Å². The third kappa shape index (κ3) is 3.47. The smallest absolute Gasteiger partial charge is 0.268 e. The summed E-state index contributed by atoms with van der Waals surface area (Å²) in [5, 5.41) is 3.13. The van der Waals surface area contributed by atoms with Crippen molar-refractivity contribution >= 4 is 51.1 Å². The van der Waals surface area contributed by atoms with Crippen LogP contribution in [0.2, 0.25) is 0 Å². The molecule has 0 aliphatic carbocycles. The summed E-state index contributed by atoms with van der Waals surface area (Å²) in [6.07, 6.45) is 3.62. The van der Waals surface area contributed by atoms with Gasteiger partial charge in [0.1, 0.15) is 0 Å². The number of aryl methyl sites for hydroxylation is 1. The summed E-state index contributed by atoms with van der Waals surface area (Å²) in [7, 11) is 0. The molecule has 1 aromatic heterocycles. The number of carbonyl (C=O) groups excluding carboxylic acids is 1. The fourth-order valence-corrected chi connectivity index (χ4v) is 4.06. The quantitative estimate of drug-likeness (QED) is 0.585. The second-order valence-electron chi connectivity index (χ2n) is 5.71. The molecule has 0 spiro atoms. The van der Waals surface area contributed by atoms with Crippen LogP contribution in [0.3, 0.4) is 0 Å². The van der Waals surface area contributed by atoms with Crippen LogP contribution in [0.15, 0.2) is 76.1 Å². The number of amides is 1. The molecule has 0 N–H and O–H groups in total. The highest BCUT2D eigenvalue weighted by molar-refractivity contribution is 8.19. The van der Waals surface area contributed by atoms with Crippen LogP contribution in [0, 0.1) is 6.92 Å². The third-order valence-corrected chi connectivity index (χ3v) is 5.44. The van der Waals surface area contributed by atoms with Crippen molar-refractivity contribution in [1.29, 1.82) is 0 Å². The van der Waals surface area contributed by atoms with Crippen molar-refractivity contribution in [3.63, 3.8) is 0 Å². The predicted molar refractivity (Wildman–Crippen MR) is 110 cm³/mol. The molecule has 26 heavy (non-hydrogen) atoms. The van der Waals surface area contributed by atoms with Crippen LogP contribution in [0.25, 0.3) is 6.08 Å². The highest BCUT2D eigenvalue weighted by Gasteiger charge is 2.34. The van der Waals surface area contributed by atoms with Crippen molar-refractivity contribution in [2.24, 2.45) is 4.99 Å². The molecular formula is C20H15N3OS2. The van der Waals surface area contributed by atoms with Crippen LogP contribution >= 0.6 is 23.1 Å². The minimum absolute atomic E-state index is 0.0721. The van der Waals surface area contributed by atoms with Gasteiger partial charge in [-0.05, 0) is 42.5 Å². The largest absolute Gasteiger partial charge is 0.271 e. The number of rotatable bonds is 3. The fourth-order valence-electron chi connectivity index (χ4n) is 2.52. The molecule has 4 rings (SSSR count). The van der Waals surface area contributed by atoms with E-state index in [1.807, 2.05) is 73.0 Å². The lowest BCUT2D eigenvalue weighted by Crippen LogP contribution is -2.28. The van der Waals surface area contributed by atoms with E-state index < -0.39 is 0 Å². The van der Waals surface area contributed by atoms with E-state index in [9.17, 15) is 4.79 Å². The van der Waals surface area contributed by atoms with Gasteiger partial charge in [-0.3, -0.25) is 9.69 Å². The summed E-state index contributed by atoms with van der Waals surface area (Å²) in [6.45, 7) is 2.04. The molecule has 1 amide bonds. The lowest BCUT2D eigenvalue weighted by atomic mass is 10.1. The first-order valence-electron chi connectivity index (χ1n) is 8.04. The number of aromatic nitrogens is 1. The van der Waals surface area contributed by atoms with Gasteiger partial charge < -0.3 is 0 Å². The summed E-state index contributed by atoms with van der Waals surface area (Å²) >= 11 is 2.82. The minimum atomic E-state index is -0.0721. The molecule has 128 valence electrons. The summed E-state index contributed by atoms with van der Waals surface area (Å²) in [5.41, 5.74) is 2.98. The number of para-hydroxylation sites is 1. The number of aliphatic imine (C=N–C) groups is 1. The Morgan fingerprint density at radius 3 is 2.54 bits per heavy atom. The van der Waals surface area contributed by atoms with Gasteiger partial charge in [0, 0.05) is 11.6 Å². The molecule has 1 aliphatic rings. The van der Waals surface area contributed by atoms with Crippen molar-refractivity contribution in [2.75, 3.05) is 4.90 Å². The Bertz CT molecular complexity index is 978. The molecule has 0 saturated carbocycles. The first-order chi connectivity index (χ1) is 12.7. The molecule has 0 bridgehead atoms. The Morgan fingerprint density at radius 2 is 1.85 bits per heavy atom. The Hall–Kier alpha value is -2.70. The van der Waals surface area contributed by atoms with E-state index in [0.29, 0.717) is 15.2 Å². The van der Waals surface area contributed by atoms with E-state index in [2.05, 4.69) is 9.98 Å². The topological polar surface area (TPSA) is 45.6 Å². The van der Waals surface area contributed by atoms with Gasteiger partial charge in [-0.15, -0.1) is 11.3 Å². The Morgan fingerprint density at radius 1 is 1.08 bits per heavy atom. The molecule has 1 aliphatic heterocycles. The van der Waals surface area contributed by atoms with Crippen LogP contribution in [-0.4, -0.2) is 16.1 Å². The second kappa shape index (κ2) is 7.27. The van der Waals surface area contributed by atoms with Crippen LogP contribution in [-0.2, 0) is 4.79 Å². The average molecular weight is 377 g/mol. The average Bonchev–Trinajstić information content (AvgIpc) is 3.27. The number of thioether (sulfide) groups is 1. The van der Waals surface area contributed by atoms with Crippen LogP contribution in [0.1, 0.15) is 11.1 Å². The van der Waals surface area contributed by atoms with Gasteiger partial charge in [-0.2, -0.15) is 4.99 Å². The number of hydrogen-bond acceptors (Lipinski definition) is 5. The molecule has 2 aromatic carbocycles. The van der Waals surface area contributed by atoms with Crippen molar-refractivity contribution in [2.45, 2.75) is 6.92 Å². The van der Waals surface area contributed by atoms with Gasteiger partial charge in [0.05, 0.1) is 10.6 Å². The Kier molecular flexibility index (Phi) is 4.69. The summed E-state index contributed by atoms with van der Waals surface area (Å²) in [4.78, 5) is 24.1. The van der Waals surface area contributed by atoms with Gasteiger partial charge in [-0.25, -0.2) is 4.98 Å². The summed E-state index contributed by atoms with van der Waals surface area (Å²) in [5.74, 6) is -0.0721. The van der Waals surface area contributed by atoms with E-state index in [-0.39, 0.29) is 5.91 Å². The van der Waals surface area contributed by atoms with E-state index in [4.69, 9.17) is 0 Å². The number of nitrogens with zero attached hydrogens (tertiary/aromatic N) is 3. The van der Waals surface area contributed by atoms with Gasteiger partial charge in [-0.1, -0.05) is 48.0 Å². The molecule has 1 fully saturated rings. The standard InChI is InChI=1S/C20H15N3OS2/c1-14-7-9-15(10-8-14)13-17-18(24)23(16-5-3-2-4-6-16)20(26-17)22-19-21-11-12-25-19/h2-13H,1H3/b17-13-,22-20+.